The first-order chi connectivity index (χ1) is 13.9. The summed E-state index contributed by atoms with van der Waals surface area (Å²) in [4.78, 5) is 34.7. The minimum Gasteiger partial charge on any atom is -0.351 e. The molecule has 9 heteroatoms. The second-order valence-electron chi connectivity index (χ2n) is 8.04. The van der Waals surface area contributed by atoms with Crippen molar-refractivity contribution >= 4 is 23.2 Å². The highest BCUT2D eigenvalue weighted by molar-refractivity contribution is 7.13. The SMILES string of the molecule is Cc1nc(C)c(C(=O)NCC2CCn3ncc(C(=O)N4CCN(C)CC4)c3C2)s1. The molecular formula is C20H28N6O2S. The number of aryl methyl sites for hydroxylation is 3. The first-order valence-electron chi connectivity index (χ1n) is 10.2. The Morgan fingerprint density at radius 2 is 1.97 bits per heavy atom. The van der Waals surface area contributed by atoms with Crippen LogP contribution in [0, 0.1) is 19.8 Å². The number of hydrogen-bond donors (Lipinski definition) is 1. The van der Waals surface area contributed by atoms with Crippen LogP contribution in [0.15, 0.2) is 6.20 Å². The van der Waals surface area contributed by atoms with E-state index in [0.717, 1.165) is 67.5 Å². The predicted octanol–water partition coefficient (Wildman–Crippen LogP) is 1.34. The fourth-order valence-corrected chi connectivity index (χ4v) is 4.93. The maximum Gasteiger partial charge on any atom is 0.263 e. The lowest BCUT2D eigenvalue weighted by Gasteiger charge is -2.32. The Bertz CT molecular complexity index is 912. The van der Waals surface area contributed by atoms with Gasteiger partial charge in [0.15, 0.2) is 0 Å². The summed E-state index contributed by atoms with van der Waals surface area (Å²) in [6, 6.07) is 0. The van der Waals surface area contributed by atoms with E-state index in [1.807, 2.05) is 23.4 Å². The molecule has 0 bridgehead atoms. The van der Waals surface area contributed by atoms with Crippen LogP contribution in [0.25, 0.3) is 0 Å². The van der Waals surface area contributed by atoms with Crippen molar-refractivity contribution in [2.75, 3.05) is 39.8 Å². The lowest BCUT2D eigenvalue weighted by molar-refractivity contribution is 0.0661. The second kappa shape index (κ2) is 8.23. The highest BCUT2D eigenvalue weighted by Gasteiger charge is 2.29. The van der Waals surface area contributed by atoms with E-state index in [1.165, 1.54) is 11.3 Å². The molecule has 0 radical (unpaired) electrons. The normalized spacial score (nSPS) is 19.8. The van der Waals surface area contributed by atoms with Crippen LogP contribution in [0.5, 0.6) is 0 Å². The largest absolute Gasteiger partial charge is 0.351 e. The number of piperazine rings is 1. The number of aromatic nitrogens is 3. The van der Waals surface area contributed by atoms with E-state index >= 15 is 0 Å². The molecule has 4 rings (SSSR count). The van der Waals surface area contributed by atoms with Gasteiger partial charge >= 0.3 is 0 Å². The summed E-state index contributed by atoms with van der Waals surface area (Å²) in [7, 11) is 2.08. The van der Waals surface area contributed by atoms with Crippen molar-refractivity contribution in [3.05, 3.63) is 33.0 Å². The minimum absolute atomic E-state index is 0.0547. The van der Waals surface area contributed by atoms with Crippen molar-refractivity contribution < 1.29 is 9.59 Å². The topological polar surface area (TPSA) is 83.4 Å². The van der Waals surface area contributed by atoms with Gasteiger partial charge in [-0.1, -0.05) is 0 Å². The first-order valence-corrected chi connectivity index (χ1v) is 11.0. The lowest BCUT2D eigenvalue weighted by Crippen LogP contribution is -2.47. The summed E-state index contributed by atoms with van der Waals surface area (Å²) >= 11 is 1.43. The number of nitrogens with zero attached hydrogens (tertiary/aromatic N) is 5. The Balaban J connectivity index is 1.39. The smallest absolute Gasteiger partial charge is 0.263 e. The molecule has 2 amide bonds. The number of hydrogen-bond acceptors (Lipinski definition) is 6. The van der Waals surface area contributed by atoms with Crippen molar-refractivity contribution in [2.24, 2.45) is 5.92 Å². The molecular weight excluding hydrogens is 388 g/mol. The summed E-state index contributed by atoms with van der Waals surface area (Å²) in [5.74, 6) is 0.331. The number of thiazole rings is 1. The molecule has 4 heterocycles. The fourth-order valence-electron chi connectivity index (χ4n) is 4.09. The summed E-state index contributed by atoms with van der Waals surface area (Å²) in [5, 5.41) is 8.41. The van der Waals surface area contributed by atoms with E-state index in [4.69, 9.17) is 0 Å². The van der Waals surface area contributed by atoms with Gasteiger partial charge in [-0.05, 0) is 39.7 Å². The Kier molecular flexibility index (Phi) is 5.69. The summed E-state index contributed by atoms with van der Waals surface area (Å²) < 4.78 is 1.96. The van der Waals surface area contributed by atoms with Crippen LogP contribution in [0.2, 0.25) is 0 Å². The Morgan fingerprint density at radius 1 is 1.21 bits per heavy atom. The van der Waals surface area contributed by atoms with E-state index in [9.17, 15) is 9.59 Å². The average molecular weight is 417 g/mol. The Hall–Kier alpha value is -2.26. The zero-order valence-corrected chi connectivity index (χ0v) is 18.1. The third-order valence-corrected chi connectivity index (χ3v) is 6.93. The van der Waals surface area contributed by atoms with Crippen LogP contribution in [-0.4, -0.2) is 76.2 Å². The van der Waals surface area contributed by atoms with Crippen molar-refractivity contribution in [3.63, 3.8) is 0 Å². The number of fused-ring (bicyclic) bond motifs is 1. The lowest BCUT2D eigenvalue weighted by atomic mass is 9.94. The molecule has 1 N–H and O–H groups in total. The molecule has 2 aromatic rings. The van der Waals surface area contributed by atoms with Crippen LogP contribution in [-0.2, 0) is 13.0 Å². The van der Waals surface area contributed by atoms with Crippen molar-refractivity contribution in [3.8, 4) is 0 Å². The number of nitrogens with one attached hydrogen (secondary N) is 1. The Labute approximate surface area is 174 Å². The molecule has 156 valence electrons. The van der Waals surface area contributed by atoms with Crippen molar-refractivity contribution in [1.82, 2.24) is 29.9 Å². The van der Waals surface area contributed by atoms with Gasteiger partial charge in [0, 0.05) is 39.3 Å². The quantitative estimate of drug-likeness (QED) is 0.813. The Morgan fingerprint density at radius 3 is 2.66 bits per heavy atom. The van der Waals surface area contributed by atoms with Gasteiger partial charge in [0.2, 0.25) is 0 Å². The molecule has 2 aromatic heterocycles. The summed E-state index contributed by atoms with van der Waals surface area (Å²) in [6.45, 7) is 8.48. The van der Waals surface area contributed by atoms with Crippen LogP contribution >= 0.6 is 11.3 Å². The van der Waals surface area contributed by atoms with Gasteiger partial charge in [-0.3, -0.25) is 14.3 Å². The van der Waals surface area contributed by atoms with Gasteiger partial charge in [0.1, 0.15) is 4.88 Å². The number of carbonyl (C=O) groups is 2. The van der Waals surface area contributed by atoms with Crippen molar-refractivity contribution in [1.29, 1.82) is 0 Å². The van der Waals surface area contributed by atoms with E-state index in [0.29, 0.717) is 17.3 Å². The van der Waals surface area contributed by atoms with E-state index in [1.54, 1.807) is 6.20 Å². The molecule has 1 saturated heterocycles. The van der Waals surface area contributed by atoms with Gasteiger partial charge in [0.05, 0.1) is 28.2 Å². The first kappa shape index (κ1) is 20.0. The standard InChI is InChI=1S/C20H28N6O2S/c1-13-18(29-14(2)23-13)19(27)21-11-15-4-5-26-17(10-15)16(12-22-26)20(28)25-8-6-24(3)7-9-25/h12,15H,4-11H2,1-3H3,(H,21,27). The van der Waals surface area contributed by atoms with E-state index in [2.05, 4.69) is 27.3 Å². The second-order valence-corrected chi connectivity index (χ2v) is 9.24. The van der Waals surface area contributed by atoms with Crippen LogP contribution < -0.4 is 5.32 Å². The minimum atomic E-state index is -0.0547. The average Bonchev–Trinajstić information content (AvgIpc) is 3.28. The fraction of sp³-hybridized carbons (Fsp3) is 0.600. The van der Waals surface area contributed by atoms with E-state index < -0.39 is 0 Å². The molecule has 2 aliphatic rings. The third-order valence-electron chi connectivity index (χ3n) is 5.86. The number of rotatable bonds is 4. The highest BCUT2D eigenvalue weighted by Crippen LogP contribution is 2.24. The molecule has 0 aliphatic carbocycles. The maximum atomic E-state index is 13.0. The number of likely N-dealkylation sites (N-methyl/N-ethyl adjacent to an activating group) is 1. The molecule has 1 fully saturated rings. The van der Waals surface area contributed by atoms with Gasteiger partial charge in [-0.25, -0.2) is 4.98 Å². The zero-order valence-electron chi connectivity index (χ0n) is 17.3. The third kappa shape index (κ3) is 4.20. The zero-order chi connectivity index (χ0) is 20.5. The van der Waals surface area contributed by atoms with Crippen LogP contribution in [0.4, 0.5) is 0 Å². The summed E-state index contributed by atoms with van der Waals surface area (Å²) in [6.07, 6.45) is 3.42. The molecule has 29 heavy (non-hydrogen) atoms. The molecule has 8 nitrogen and oxygen atoms in total. The van der Waals surface area contributed by atoms with Gasteiger partial charge in [-0.2, -0.15) is 5.10 Å². The van der Waals surface area contributed by atoms with Crippen molar-refractivity contribution in [2.45, 2.75) is 33.2 Å². The molecule has 2 aliphatic heterocycles. The van der Waals surface area contributed by atoms with Gasteiger partial charge in [-0.15, -0.1) is 11.3 Å². The van der Waals surface area contributed by atoms with Crippen LogP contribution in [0.3, 0.4) is 0 Å². The van der Waals surface area contributed by atoms with Gasteiger partial charge < -0.3 is 15.1 Å². The molecule has 1 unspecified atom stereocenters. The maximum absolute atomic E-state index is 13.0. The number of carbonyl (C=O) groups excluding carboxylic acids is 2. The monoisotopic (exact) mass is 416 g/mol. The van der Waals surface area contributed by atoms with Gasteiger partial charge in [0.25, 0.3) is 11.8 Å². The predicted molar refractivity (Wildman–Crippen MR) is 111 cm³/mol. The highest BCUT2D eigenvalue weighted by atomic mass is 32.1. The molecule has 0 spiro atoms. The van der Waals surface area contributed by atoms with Crippen LogP contribution in [0.1, 0.15) is 42.8 Å². The molecule has 0 saturated carbocycles. The molecule has 0 aromatic carbocycles. The number of amides is 2. The molecule has 1 atom stereocenters. The summed E-state index contributed by atoms with van der Waals surface area (Å²) in [5.41, 5.74) is 2.51. The van der Waals surface area contributed by atoms with E-state index in [-0.39, 0.29) is 11.8 Å².